The zero-order valence-electron chi connectivity index (χ0n) is 17.4. The van der Waals surface area contributed by atoms with E-state index < -0.39 is 12.1 Å². The molecule has 2 atom stereocenters. The number of esters is 2. The van der Waals surface area contributed by atoms with Crippen LogP contribution in [0, 0.1) is 0 Å². The van der Waals surface area contributed by atoms with Crippen molar-refractivity contribution in [1.82, 2.24) is 0 Å². The van der Waals surface area contributed by atoms with E-state index in [4.69, 9.17) is 20.9 Å². The number of hydrogen-bond acceptors (Lipinski definition) is 6. The Morgan fingerprint density at radius 1 is 0.633 bits per heavy atom. The molecule has 2 aromatic rings. The van der Waals surface area contributed by atoms with E-state index in [0.29, 0.717) is 26.1 Å². The summed E-state index contributed by atoms with van der Waals surface area (Å²) < 4.78 is 10.5. The number of hydrogen-bond donors (Lipinski definition) is 2. The third kappa shape index (κ3) is 9.20. The summed E-state index contributed by atoms with van der Waals surface area (Å²) in [7, 11) is 0. The second-order valence-corrected chi connectivity index (χ2v) is 7.34. The van der Waals surface area contributed by atoms with Gasteiger partial charge in [-0.2, -0.15) is 0 Å². The Morgan fingerprint density at radius 3 is 1.37 bits per heavy atom. The number of unbranched alkanes of at least 4 members (excludes halogenated alkanes) is 3. The first-order chi connectivity index (χ1) is 14.6. The van der Waals surface area contributed by atoms with Gasteiger partial charge < -0.3 is 20.9 Å². The van der Waals surface area contributed by atoms with Crippen LogP contribution in [0.3, 0.4) is 0 Å². The highest BCUT2D eigenvalue weighted by Gasteiger charge is 2.16. The summed E-state index contributed by atoms with van der Waals surface area (Å²) in [4.78, 5) is 23.9. The van der Waals surface area contributed by atoms with Crippen molar-refractivity contribution in [2.45, 2.75) is 50.6 Å². The highest BCUT2D eigenvalue weighted by Crippen LogP contribution is 2.06. The molecule has 0 aromatic heterocycles. The Bertz CT molecular complexity index is 687. The first kappa shape index (κ1) is 23.6. The van der Waals surface area contributed by atoms with E-state index in [1.165, 1.54) is 0 Å². The lowest BCUT2D eigenvalue weighted by Crippen LogP contribution is -2.34. The smallest absolute Gasteiger partial charge is 0.323 e. The molecule has 0 saturated carbocycles. The van der Waals surface area contributed by atoms with Gasteiger partial charge in [-0.05, 0) is 49.7 Å². The minimum Gasteiger partial charge on any atom is -0.465 e. The van der Waals surface area contributed by atoms with Crippen LogP contribution in [0.1, 0.15) is 36.8 Å². The zero-order valence-corrected chi connectivity index (χ0v) is 17.4. The van der Waals surface area contributed by atoms with E-state index in [0.717, 1.165) is 36.8 Å². The number of benzene rings is 2. The SMILES string of the molecule is N[C@@H](Cc1ccccc1)C(=O)OCCCCCCOC(=O)[C@@H](N)Cc1ccccc1. The molecule has 4 N–H and O–H groups in total. The van der Waals surface area contributed by atoms with Gasteiger partial charge in [-0.3, -0.25) is 9.59 Å². The van der Waals surface area contributed by atoms with Crippen LogP contribution >= 0.6 is 0 Å². The van der Waals surface area contributed by atoms with Crippen molar-refractivity contribution in [2.24, 2.45) is 11.5 Å². The number of ether oxygens (including phenoxy) is 2. The summed E-state index contributed by atoms with van der Waals surface area (Å²) in [6, 6.07) is 18.0. The maximum Gasteiger partial charge on any atom is 0.323 e. The molecule has 0 unspecified atom stereocenters. The first-order valence-corrected chi connectivity index (χ1v) is 10.5. The molecule has 0 bridgehead atoms. The topological polar surface area (TPSA) is 105 Å². The van der Waals surface area contributed by atoms with Crippen molar-refractivity contribution in [3.63, 3.8) is 0 Å². The van der Waals surface area contributed by atoms with Gasteiger partial charge in [0.05, 0.1) is 13.2 Å². The normalized spacial score (nSPS) is 12.7. The van der Waals surface area contributed by atoms with Crippen molar-refractivity contribution in [2.75, 3.05) is 13.2 Å². The Kier molecular flexibility index (Phi) is 10.6. The van der Waals surface area contributed by atoms with Crippen molar-refractivity contribution >= 4 is 11.9 Å². The molecule has 2 rings (SSSR count). The minimum absolute atomic E-state index is 0.350. The Morgan fingerprint density at radius 2 is 1.00 bits per heavy atom. The van der Waals surface area contributed by atoms with Crippen LogP contribution < -0.4 is 11.5 Å². The van der Waals surface area contributed by atoms with Crippen molar-refractivity contribution in [1.29, 1.82) is 0 Å². The summed E-state index contributed by atoms with van der Waals surface area (Å²) in [5, 5.41) is 0. The van der Waals surface area contributed by atoms with Gasteiger partial charge in [0.15, 0.2) is 0 Å². The average Bonchev–Trinajstić information content (AvgIpc) is 2.76. The van der Waals surface area contributed by atoms with E-state index in [1.807, 2.05) is 60.7 Å². The van der Waals surface area contributed by atoms with Crippen molar-refractivity contribution in [3.8, 4) is 0 Å². The molecule has 2 aromatic carbocycles. The Balaban J connectivity index is 1.47. The van der Waals surface area contributed by atoms with Gasteiger partial charge >= 0.3 is 11.9 Å². The Hall–Kier alpha value is -2.70. The van der Waals surface area contributed by atoms with Crippen LogP contribution in [0.5, 0.6) is 0 Å². The third-order valence-electron chi connectivity index (χ3n) is 4.73. The quantitative estimate of drug-likeness (QED) is 0.387. The van der Waals surface area contributed by atoms with E-state index in [9.17, 15) is 9.59 Å². The summed E-state index contributed by atoms with van der Waals surface area (Å²) in [6.45, 7) is 0.701. The molecule has 0 spiro atoms. The largest absolute Gasteiger partial charge is 0.465 e. The zero-order chi connectivity index (χ0) is 21.6. The molecule has 0 amide bonds. The molecule has 30 heavy (non-hydrogen) atoms. The van der Waals surface area contributed by atoms with Crippen LogP contribution in [0.4, 0.5) is 0 Å². The van der Waals surface area contributed by atoms with Crippen molar-refractivity contribution < 1.29 is 19.1 Å². The summed E-state index contributed by atoms with van der Waals surface area (Å²) in [5.41, 5.74) is 13.8. The molecule has 0 aliphatic heterocycles. The summed E-state index contributed by atoms with van der Waals surface area (Å²) >= 11 is 0. The highest BCUT2D eigenvalue weighted by molar-refractivity contribution is 5.76. The fourth-order valence-corrected chi connectivity index (χ4v) is 3.02. The predicted octanol–water partition coefficient (Wildman–Crippen LogP) is 2.77. The third-order valence-corrected chi connectivity index (χ3v) is 4.73. The van der Waals surface area contributed by atoms with Crippen LogP contribution in [0.25, 0.3) is 0 Å². The molecule has 0 saturated heterocycles. The highest BCUT2D eigenvalue weighted by atomic mass is 16.5. The predicted molar refractivity (Wildman–Crippen MR) is 117 cm³/mol. The molecular formula is C24H32N2O4. The first-order valence-electron chi connectivity index (χ1n) is 10.5. The second-order valence-electron chi connectivity index (χ2n) is 7.34. The molecule has 0 heterocycles. The van der Waals surface area contributed by atoms with Gasteiger partial charge in [0, 0.05) is 0 Å². The second kappa shape index (κ2) is 13.5. The maximum atomic E-state index is 11.9. The lowest BCUT2D eigenvalue weighted by molar-refractivity contribution is -0.146. The number of rotatable bonds is 13. The molecule has 6 heteroatoms. The van der Waals surface area contributed by atoms with Gasteiger partial charge in [-0.1, -0.05) is 60.7 Å². The lowest BCUT2D eigenvalue weighted by atomic mass is 10.1. The van der Waals surface area contributed by atoms with Gasteiger partial charge in [0.2, 0.25) is 0 Å². The van der Waals surface area contributed by atoms with Crippen LogP contribution in [0.2, 0.25) is 0 Å². The molecule has 0 aliphatic rings. The van der Waals surface area contributed by atoms with Gasteiger partial charge in [0.25, 0.3) is 0 Å². The number of nitrogens with two attached hydrogens (primary N) is 2. The van der Waals surface area contributed by atoms with Crippen molar-refractivity contribution in [3.05, 3.63) is 71.8 Å². The molecule has 0 radical (unpaired) electrons. The summed E-state index contributed by atoms with van der Waals surface area (Å²) in [5.74, 6) is -0.750. The monoisotopic (exact) mass is 412 g/mol. The van der Waals surface area contributed by atoms with E-state index in [2.05, 4.69) is 0 Å². The lowest BCUT2D eigenvalue weighted by Gasteiger charge is -2.12. The van der Waals surface area contributed by atoms with Crippen LogP contribution in [0.15, 0.2) is 60.7 Å². The van der Waals surface area contributed by atoms with Gasteiger partial charge in [-0.25, -0.2) is 0 Å². The van der Waals surface area contributed by atoms with Crippen LogP contribution in [-0.2, 0) is 31.9 Å². The Labute approximate surface area is 178 Å². The fraction of sp³-hybridized carbons (Fsp3) is 0.417. The average molecular weight is 413 g/mol. The molecular weight excluding hydrogens is 380 g/mol. The van der Waals surface area contributed by atoms with Crippen LogP contribution in [-0.4, -0.2) is 37.2 Å². The fourth-order valence-electron chi connectivity index (χ4n) is 3.02. The van der Waals surface area contributed by atoms with E-state index in [-0.39, 0.29) is 11.9 Å². The number of carbonyl (C=O) groups is 2. The molecule has 0 fully saturated rings. The van der Waals surface area contributed by atoms with Gasteiger partial charge in [-0.15, -0.1) is 0 Å². The van der Waals surface area contributed by atoms with Gasteiger partial charge in [0.1, 0.15) is 12.1 Å². The standard InChI is InChI=1S/C24H32N2O4/c25-21(17-19-11-5-3-6-12-19)23(27)29-15-9-1-2-10-16-30-24(28)22(26)18-20-13-7-4-8-14-20/h3-8,11-14,21-22H,1-2,9-10,15-18,25-26H2/t21-,22-/m0/s1. The molecule has 0 aliphatic carbocycles. The minimum atomic E-state index is -0.646. The maximum absolute atomic E-state index is 11.9. The van der Waals surface area contributed by atoms with E-state index >= 15 is 0 Å². The molecule has 6 nitrogen and oxygen atoms in total. The van der Waals surface area contributed by atoms with E-state index in [1.54, 1.807) is 0 Å². The number of carbonyl (C=O) groups excluding carboxylic acids is 2. The summed E-state index contributed by atoms with van der Waals surface area (Å²) in [6.07, 6.45) is 4.22. The molecule has 162 valence electrons.